The van der Waals surface area contributed by atoms with E-state index in [1.165, 1.54) is 14.2 Å². The Labute approximate surface area is 164 Å². The lowest BCUT2D eigenvalue weighted by molar-refractivity contribution is 0.340. The third-order valence-corrected chi connectivity index (χ3v) is 4.62. The number of nitriles is 1. The van der Waals surface area contributed by atoms with Gasteiger partial charge in [0.15, 0.2) is 11.5 Å². The molecule has 7 heteroatoms. The molecule has 3 aromatic rings. The first kappa shape index (κ1) is 18.5. The van der Waals surface area contributed by atoms with Gasteiger partial charge in [-0.1, -0.05) is 28.1 Å². The molecule has 27 heavy (non-hydrogen) atoms. The summed E-state index contributed by atoms with van der Waals surface area (Å²) in [6, 6.07) is 14.7. The summed E-state index contributed by atoms with van der Waals surface area (Å²) in [4.78, 5) is 4.36. The standard InChI is InChI=1S/C20H16BrN3O3/c1-26-17-7-12(8-18(27-2)19(17)25)14-9-16(24-20(23)15(14)10-22)11-3-5-13(21)6-4-11/h3-9,25H,1-2H3,(H2,23,24). The molecule has 0 unspecified atom stereocenters. The number of nitrogens with two attached hydrogens (primary N) is 1. The molecule has 0 spiro atoms. The predicted octanol–water partition coefficient (Wildman–Crippen LogP) is 4.35. The second-order valence-electron chi connectivity index (χ2n) is 5.66. The Hall–Kier alpha value is -3.24. The number of rotatable bonds is 4. The number of aromatic hydroxyl groups is 1. The predicted molar refractivity (Wildman–Crippen MR) is 107 cm³/mol. The van der Waals surface area contributed by atoms with Crippen molar-refractivity contribution in [2.45, 2.75) is 0 Å². The van der Waals surface area contributed by atoms with Crippen molar-refractivity contribution in [3.8, 4) is 45.7 Å². The monoisotopic (exact) mass is 425 g/mol. The number of nitrogen functional groups attached to an aromatic ring is 1. The van der Waals surface area contributed by atoms with E-state index in [0.29, 0.717) is 16.8 Å². The van der Waals surface area contributed by atoms with Crippen molar-refractivity contribution in [1.29, 1.82) is 5.26 Å². The highest BCUT2D eigenvalue weighted by molar-refractivity contribution is 9.10. The molecule has 1 aromatic heterocycles. The zero-order valence-electron chi connectivity index (χ0n) is 14.7. The van der Waals surface area contributed by atoms with Crippen LogP contribution in [-0.2, 0) is 0 Å². The third kappa shape index (κ3) is 3.52. The van der Waals surface area contributed by atoms with Gasteiger partial charge < -0.3 is 20.3 Å². The fourth-order valence-corrected chi connectivity index (χ4v) is 2.99. The summed E-state index contributed by atoms with van der Waals surface area (Å²) in [6.07, 6.45) is 0. The Morgan fingerprint density at radius 1 is 1.04 bits per heavy atom. The highest BCUT2D eigenvalue weighted by Crippen LogP contribution is 2.42. The number of methoxy groups -OCH3 is 2. The number of anilines is 1. The Morgan fingerprint density at radius 3 is 2.15 bits per heavy atom. The van der Waals surface area contributed by atoms with Crippen molar-refractivity contribution in [3.05, 3.63) is 52.5 Å². The van der Waals surface area contributed by atoms with E-state index in [0.717, 1.165) is 10.0 Å². The molecule has 0 radical (unpaired) electrons. The van der Waals surface area contributed by atoms with Crippen LogP contribution in [0, 0.1) is 11.3 Å². The molecule has 0 aliphatic carbocycles. The first-order valence-corrected chi connectivity index (χ1v) is 8.69. The van der Waals surface area contributed by atoms with Crippen LogP contribution >= 0.6 is 15.9 Å². The number of hydrogen-bond donors (Lipinski definition) is 2. The molecule has 0 saturated carbocycles. The minimum Gasteiger partial charge on any atom is -0.502 e. The molecule has 0 amide bonds. The molecule has 1 heterocycles. The second kappa shape index (κ2) is 7.56. The molecule has 0 saturated heterocycles. The topological polar surface area (TPSA) is 101 Å². The summed E-state index contributed by atoms with van der Waals surface area (Å²) in [6.45, 7) is 0. The number of benzene rings is 2. The van der Waals surface area contributed by atoms with Gasteiger partial charge in [-0.05, 0) is 35.9 Å². The molecule has 136 valence electrons. The van der Waals surface area contributed by atoms with E-state index in [4.69, 9.17) is 15.2 Å². The maximum absolute atomic E-state index is 10.1. The number of phenolic OH excluding ortho intramolecular Hbond substituents is 1. The molecule has 3 rings (SSSR count). The molecule has 6 nitrogen and oxygen atoms in total. The maximum atomic E-state index is 10.1. The zero-order chi connectivity index (χ0) is 19.6. The van der Waals surface area contributed by atoms with E-state index in [1.807, 2.05) is 24.3 Å². The van der Waals surface area contributed by atoms with Crippen LogP contribution in [0.25, 0.3) is 22.4 Å². The summed E-state index contributed by atoms with van der Waals surface area (Å²) >= 11 is 3.41. The van der Waals surface area contributed by atoms with Gasteiger partial charge in [0.25, 0.3) is 0 Å². The van der Waals surface area contributed by atoms with Crippen molar-refractivity contribution < 1.29 is 14.6 Å². The molecule has 2 aromatic carbocycles. The highest BCUT2D eigenvalue weighted by Gasteiger charge is 2.18. The number of aromatic nitrogens is 1. The smallest absolute Gasteiger partial charge is 0.200 e. The van der Waals surface area contributed by atoms with E-state index < -0.39 is 0 Å². The van der Waals surface area contributed by atoms with Gasteiger partial charge in [-0.15, -0.1) is 0 Å². The van der Waals surface area contributed by atoms with Crippen LogP contribution in [0.15, 0.2) is 46.9 Å². The number of nitrogens with zero attached hydrogens (tertiary/aromatic N) is 2. The fourth-order valence-electron chi connectivity index (χ4n) is 2.73. The van der Waals surface area contributed by atoms with Crippen molar-refractivity contribution in [3.63, 3.8) is 0 Å². The van der Waals surface area contributed by atoms with Crippen LogP contribution in [0.1, 0.15) is 5.56 Å². The normalized spacial score (nSPS) is 10.3. The molecule has 3 N–H and O–H groups in total. The van der Waals surface area contributed by atoms with Crippen LogP contribution < -0.4 is 15.2 Å². The third-order valence-electron chi connectivity index (χ3n) is 4.09. The average Bonchev–Trinajstić information content (AvgIpc) is 2.68. The molecular weight excluding hydrogens is 410 g/mol. The van der Waals surface area contributed by atoms with Gasteiger partial charge in [-0.25, -0.2) is 4.98 Å². The van der Waals surface area contributed by atoms with Gasteiger partial charge in [0.1, 0.15) is 17.5 Å². The number of halogens is 1. The number of hydrogen-bond acceptors (Lipinski definition) is 6. The summed E-state index contributed by atoms with van der Waals surface area (Å²) in [7, 11) is 2.88. The van der Waals surface area contributed by atoms with Crippen molar-refractivity contribution in [1.82, 2.24) is 4.98 Å². The maximum Gasteiger partial charge on any atom is 0.200 e. The Kier molecular flexibility index (Phi) is 5.19. The van der Waals surface area contributed by atoms with Crippen LogP contribution in [0.4, 0.5) is 5.82 Å². The quantitative estimate of drug-likeness (QED) is 0.643. The lowest BCUT2D eigenvalue weighted by Gasteiger charge is -2.14. The Morgan fingerprint density at radius 2 is 1.63 bits per heavy atom. The molecular formula is C20H16BrN3O3. The van der Waals surface area contributed by atoms with E-state index in [-0.39, 0.29) is 28.6 Å². The zero-order valence-corrected chi connectivity index (χ0v) is 16.2. The second-order valence-corrected chi connectivity index (χ2v) is 6.58. The van der Waals surface area contributed by atoms with Gasteiger partial charge in [-0.2, -0.15) is 5.26 Å². The summed E-state index contributed by atoms with van der Waals surface area (Å²) in [5, 5.41) is 19.7. The fraction of sp³-hybridized carbons (Fsp3) is 0.100. The van der Waals surface area contributed by atoms with Crippen LogP contribution in [0.5, 0.6) is 17.2 Å². The van der Waals surface area contributed by atoms with Gasteiger partial charge in [0.05, 0.1) is 19.9 Å². The van der Waals surface area contributed by atoms with Gasteiger partial charge in [-0.3, -0.25) is 0 Å². The van der Waals surface area contributed by atoms with E-state index >= 15 is 0 Å². The first-order chi connectivity index (χ1) is 13.0. The first-order valence-electron chi connectivity index (χ1n) is 7.90. The number of phenols is 1. The minimum absolute atomic E-state index is 0.114. The lowest BCUT2D eigenvalue weighted by atomic mass is 9.97. The summed E-state index contributed by atoms with van der Waals surface area (Å²) in [5.74, 6) is 0.471. The van der Waals surface area contributed by atoms with Crippen LogP contribution in [-0.4, -0.2) is 24.3 Å². The van der Waals surface area contributed by atoms with Gasteiger partial charge in [0.2, 0.25) is 5.75 Å². The van der Waals surface area contributed by atoms with Crippen LogP contribution in [0.3, 0.4) is 0 Å². The SMILES string of the molecule is COc1cc(-c2cc(-c3ccc(Br)cc3)nc(N)c2C#N)cc(OC)c1O. The average molecular weight is 426 g/mol. The van der Waals surface area contributed by atoms with Crippen molar-refractivity contribution in [2.75, 3.05) is 20.0 Å². The van der Waals surface area contributed by atoms with E-state index in [1.54, 1.807) is 18.2 Å². The van der Waals surface area contributed by atoms with Gasteiger partial charge in [0, 0.05) is 15.6 Å². The van der Waals surface area contributed by atoms with E-state index in [9.17, 15) is 10.4 Å². The lowest BCUT2D eigenvalue weighted by Crippen LogP contribution is -2.00. The van der Waals surface area contributed by atoms with Crippen molar-refractivity contribution in [2.24, 2.45) is 0 Å². The minimum atomic E-state index is -0.114. The van der Waals surface area contributed by atoms with Crippen LogP contribution in [0.2, 0.25) is 0 Å². The Balaban J connectivity index is 2.26. The molecule has 0 atom stereocenters. The highest BCUT2D eigenvalue weighted by atomic mass is 79.9. The largest absolute Gasteiger partial charge is 0.502 e. The number of ether oxygens (including phenoxy) is 2. The molecule has 0 fully saturated rings. The van der Waals surface area contributed by atoms with Gasteiger partial charge >= 0.3 is 0 Å². The Bertz CT molecular complexity index is 1020. The van der Waals surface area contributed by atoms with E-state index in [2.05, 4.69) is 27.0 Å². The summed E-state index contributed by atoms with van der Waals surface area (Å²) < 4.78 is 11.4. The number of pyridine rings is 1. The molecule has 0 bridgehead atoms. The summed E-state index contributed by atoms with van der Waals surface area (Å²) in [5.41, 5.74) is 8.96. The van der Waals surface area contributed by atoms with Crippen molar-refractivity contribution >= 4 is 21.7 Å². The molecule has 0 aliphatic rings. The molecule has 0 aliphatic heterocycles.